The van der Waals surface area contributed by atoms with Crippen molar-refractivity contribution in [3.8, 4) is 0 Å². The van der Waals surface area contributed by atoms with Gasteiger partial charge in [0.05, 0.1) is 11.7 Å². The molecule has 0 saturated carbocycles. The van der Waals surface area contributed by atoms with E-state index in [1.54, 1.807) is 0 Å². The van der Waals surface area contributed by atoms with Crippen molar-refractivity contribution in [1.82, 2.24) is 9.78 Å². The Morgan fingerprint density at radius 2 is 2.23 bits per heavy atom. The molecule has 0 aliphatic carbocycles. The molecule has 0 bridgehead atoms. The third-order valence-corrected chi connectivity index (χ3v) is 3.98. The molecule has 3 rings (SSSR count). The molecular weight excluding hydrogens is 284 g/mol. The summed E-state index contributed by atoms with van der Waals surface area (Å²) >= 11 is 0. The van der Waals surface area contributed by atoms with Crippen LogP contribution in [0, 0.1) is 6.92 Å². The highest BCUT2D eigenvalue weighted by Gasteiger charge is 2.25. The lowest BCUT2D eigenvalue weighted by Gasteiger charge is -2.33. The van der Waals surface area contributed by atoms with E-state index in [-0.39, 0.29) is 18.4 Å². The molecule has 0 radical (unpaired) electrons. The van der Waals surface area contributed by atoms with E-state index < -0.39 is 0 Å². The maximum Gasteiger partial charge on any atom is 0.170 e. The molecule has 2 heterocycles. The second-order valence-electron chi connectivity index (χ2n) is 5.44. The maximum atomic E-state index is 8.82. The average molecular weight is 304 g/mol. The van der Waals surface area contributed by atoms with E-state index in [0.717, 1.165) is 41.4 Å². The van der Waals surface area contributed by atoms with Gasteiger partial charge in [0.1, 0.15) is 0 Å². The number of aryl methyl sites for hydroxylation is 2. The lowest BCUT2D eigenvalue weighted by Crippen LogP contribution is -2.38. The molecule has 1 saturated heterocycles. The van der Waals surface area contributed by atoms with Crippen LogP contribution in [0.5, 0.6) is 0 Å². The van der Waals surface area contributed by atoms with Crippen molar-refractivity contribution in [2.75, 3.05) is 0 Å². The van der Waals surface area contributed by atoms with Gasteiger partial charge in [0.2, 0.25) is 0 Å². The summed E-state index contributed by atoms with van der Waals surface area (Å²) in [5.74, 6) is 0.112. The first-order chi connectivity index (χ1) is 10.6. The summed E-state index contributed by atoms with van der Waals surface area (Å²) in [7, 11) is 0. The Morgan fingerprint density at radius 1 is 1.45 bits per heavy atom. The largest absolute Gasteiger partial charge is 0.409 e. The molecule has 1 aromatic heterocycles. The van der Waals surface area contributed by atoms with Crippen LogP contribution in [0.2, 0.25) is 0 Å². The van der Waals surface area contributed by atoms with Crippen LogP contribution in [0.15, 0.2) is 23.5 Å². The number of benzene rings is 1. The number of fused-ring (bicyclic) bond motifs is 1. The molecule has 2 aromatic rings. The Labute approximate surface area is 128 Å². The van der Waals surface area contributed by atoms with Crippen LogP contribution >= 0.6 is 0 Å². The summed E-state index contributed by atoms with van der Waals surface area (Å²) in [6.45, 7) is 4.63. The molecule has 1 aliphatic rings. The predicted molar refractivity (Wildman–Crippen MR) is 81.6 cm³/mol. The van der Waals surface area contributed by atoms with Crippen LogP contribution in [0.1, 0.15) is 30.9 Å². The number of nitrogens with two attached hydrogens (primary N) is 1. The molecule has 118 valence electrons. The zero-order valence-corrected chi connectivity index (χ0v) is 12.7. The Bertz CT molecular complexity index is 704. The maximum absolute atomic E-state index is 8.82. The summed E-state index contributed by atoms with van der Waals surface area (Å²) in [6.07, 6.45) is 3.44. The number of rotatable bonds is 5. The average Bonchev–Trinajstić information content (AvgIpc) is 2.89. The first kappa shape index (κ1) is 14.8. The Hall–Kier alpha value is -2.12. The lowest BCUT2D eigenvalue weighted by molar-refractivity contribution is -0.377. The van der Waals surface area contributed by atoms with Crippen molar-refractivity contribution in [3.63, 3.8) is 0 Å². The van der Waals surface area contributed by atoms with Gasteiger partial charge in [0, 0.05) is 23.9 Å². The van der Waals surface area contributed by atoms with Crippen molar-refractivity contribution < 1.29 is 14.7 Å². The topological polar surface area (TPSA) is 94.9 Å². The summed E-state index contributed by atoms with van der Waals surface area (Å²) in [5, 5.41) is 17.3. The fourth-order valence-electron chi connectivity index (χ4n) is 2.78. The van der Waals surface area contributed by atoms with Gasteiger partial charge in [-0.05, 0) is 38.0 Å². The van der Waals surface area contributed by atoms with Crippen LogP contribution < -0.4 is 5.73 Å². The predicted octanol–water partition coefficient (Wildman–Crippen LogP) is 1.94. The summed E-state index contributed by atoms with van der Waals surface area (Å²) < 4.78 is 12.8. The van der Waals surface area contributed by atoms with Gasteiger partial charge in [-0.15, -0.1) is 0 Å². The van der Waals surface area contributed by atoms with Gasteiger partial charge in [-0.3, -0.25) is 4.68 Å². The number of oxime groups is 1. The van der Waals surface area contributed by atoms with E-state index in [0.29, 0.717) is 0 Å². The highest BCUT2D eigenvalue weighted by molar-refractivity contribution is 6.02. The summed E-state index contributed by atoms with van der Waals surface area (Å²) in [5.41, 5.74) is 8.40. The zero-order valence-electron chi connectivity index (χ0n) is 12.7. The molecule has 3 N–H and O–H groups in total. The third kappa shape index (κ3) is 2.65. The van der Waals surface area contributed by atoms with Gasteiger partial charge in [0.15, 0.2) is 18.4 Å². The molecule has 1 aromatic carbocycles. The number of hydrogen-bond donors (Lipinski definition) is 2. The van der Waals surface area contributed by atoms with Crippen molar-refractivity contribution in [2.24, 2.45) is 10.9 Å². The number of amidine groups is 1. The smallest absolute Gasteiger partial charge is 0.170 e. The quantitative estimate of drug-likeness (QED) is 0.381. The minimum absolute atomic E-state index is 0.0738. The van der Waals surface area contributed by atoms with Crippen molar-refractivity contribution >= 4 is 16.7 Å². The highest BCUT2D eigenvalue weighted by Crippen LogP contribution is 2.23. The van der Waals surface area contributed by atoms with Crippen LogP contribution in [-0.4, -0.2) is 33.4 Å². The van der Waals surface area contributed by atoms with Crippen LogP contribution in [0.25, 0.3) is 10.9 Å². The minimum Gasteiger partial charge on any atom is -0.409 e. The van der Waals surface area contributed by atoms with E-state index in [1.165, 1.54) is 0 Å². The molecule has 0 amide bonds. The molecule has 0 unspecified atom stereocenters. The van der Waals surface area contributed by atoms with E-state index in [9.17, 15) is 0 Å². The fourth-order valence-corrected chi connectivity index (χ4v) is 2.78. The summed E-state index contributed by atoms with van der Waals surface area (Å²) in [6, 6.07) is 3.80. The molecule has 7 heteroatoms. The van der Waals surface area contributed by atoms with E-state index >= 15 is 0 Å². The van der Waals surface area contributed by atoms with Crippen molar-refractivity contribution in [1.29, 1.82) is 0 Å². The van der Waals surface area contributed by atoms with Gasteiger partial charge in [0.25, 0.3) is 0 Å². The SMILES string of the molecule is Cc1c(/C(N)=N\O)ccc2c1cnn2CCCC1OC(C)O1. The minimum atomic E-state index is -0.0780. The first-order valence-corrected chi connectivity index (χ1v) is 7.34. The highest BCUT2D eigenvalue weighted by atomic mass is 16.9. The summed E-state index contributed by atoms with van der Waals surface area (Å²) in [4.78, 5) is 0. The molecule has 7 nitrogen and oxygen atoms in total. The standard InChI is InChI=1S/C15H20N4O3/c1-9-11(15(16)18-20)5-6-13-12(9)8-17-19(13)7-3-4-14-21-10(2)22-14/h5-6,8,10,14,20H,3-4,7H2,1-2H3,(H2,16,18). The van der Waals surface area contributed by atoms with E-state index in [2.05, 4.69) is 10.3 Å². The van der Waals surface area contributed by atoms with Gasteiger partial charge >= 0.3 is 0 Å². The first-order valence-electron chi connectivity index (χ1n) is 7.34. The molecule has 0 atom stereocenters. The Kier molecular flexibility index (Phi) is 4.00. The van der Waals surface area contributed by atoms with Crippen LogP contribution in [0.3, 0.4) is 0 Å². The fraction of sp³-hybridized carbons (Fsp3) is 0.467. The zero-order chi connectivity index (χ0) is 15.7. The van der Waals surface area contributed by atoms with Crippen LogP contribution in [0.4, 0.5) is 0 Å². The normalized spacial score (nSPS) is 22.0. The van der Waals surface area contributed by atoms with E-state index in [1.807, 2.05) is 36.9 Å². The Morgan fingerprint density at radius 3 is 2.91 bits per heavy atom. The van der Waals surface area contributed by atoms with Crippen molar-refractivity contribution in [2.45, 2.75) is 45.8 Å². The number of nitrogens with zero attached hydrogens (tertiary/aromatic N) is 3. The number of ether oxygens (including phenoxy) is 2. The molecule has 0 spiro atoms. The van der Waals surface area contributed by atoms with Gasteiger partial charge in [-0.25, -0.2) is 0 Å². The van der Waals surface area contributed by atoms with Gasteiger partial charge < -0.3 is 20.4 Å². The third-order valence-electron chi connectivity index (χ3n) is 3.98. The van der Waals surface area contributed by atoms with Crippen molar-refractivity contribution in [3.05, 3.63) is 29.5 Å². The van der Waals surface area contributed by atoms with E-state index in [4.69, 9.17) is 20.4 Å². The Balaban J connectivity index is 1.73. The number of aromatic nitrogens is 2. The molecule has 1 fully saturated rings. The monoisotopic (exact) mass is 304 g/mol. The van der Waals surface area contributed by atoms with Crippen LogP contribution in [-0.2, 0) is 16.0 Å². The molecule has 22 heavy (non-hydrogen) atoms. The molecular formula is C15H20N4O3. The second-order valence-corrected chi connectivity index (χ2v) is 5.44. The van der Waals surface area contributed by atoms with Gasteiger partial charge in [-0.2, -0.15) is 5.10 Å². The molecule has 1 aliphatic heterocycles. The lowest BCUT2D eigenvalue weighted by atomic mass is 10.0. The second kappa shape index (κ2) is 5.94. The van der Waals surface area contributed by atoms with Gasteiger partial charge in [-0.1, -0.05) is 5.16 Å². The number of hydrogen-bond acceptors (Lipinski definition) is 5.